The lowest BCUT2D eigenvalue weighted by Gasteiger charge is -2.36. The number of amides is 7. The lowest BCUT2D eigenvalue weighted by molar-refractivity contribution is -0.129. The average Bonchev–Trinajstić information content (AvgIpc) is 1.16. The van der Waals surface area contributed by atoms with E-state index in [4.69, 9.17) is 83.8 Å². The summed E-state index contributed by atoms with van der Waals surface area (Å²) in [4.78, 5) is 90.7. The third kappa shape index (κ3) is 28.9. The van der Waals surface area contributed by atoms with E-state index in [1.807, 2.05) is 24.3 Å². The molecule has 5 unspecified atom stereocenters. The Hall–Kier alpha value is -10.3. The van der Waals surface area contributed by atoms with Crippen LogP contribution in [-0.4, -0.2) is 161 Å². The van der Waals surface area contributed by atoms with Crippen molar-refractivity contribution in [2.45, 2.75) is 82.1 Å². The number of nitrogens with zero attached hydrogens (tertiary/aromatic N) is 4. The molecule has 1 aromatic heterocycles. The van der Waals surface area contributed by atoms with Crippen LogP contribution in [0.2, 0.25) is 30.1 Å². The molecular weight excluding hydrogens is 1790 g/mol. The van der Waals surface area contributed by atoms with E-state index in [2.05, 4.69) is 58.2 Å². The molecule has 6 aliphatic heterocycles. The Kier molecular flexibility index (Phi) is 36.1. The van der Waals surface area contributed by atoms with Crippen LogP contribution in [0.25, 0.3) is 0 Å². The highest BCUT2D eigenvalue weighted by Crippen LogP contribution is 2.36. The van der Waals surface area contributed by atoms with Crippen LogP contribution < -0.4 is 57.5 Å². The van der Waals surface area contributed by atoms with Crippen molar-refractivity contribution in [2.75, 3.05) is 120 Å². The maximum atomic E-state index is 13.7. The summed E-state index contributed by atoms with van der Waals surface area (Å²) in [5, 5.41) is 28.4. The second kappa shape index (κ2) is 46.5. The largest absolute Gasteiger partial charge is 0.444 e. The molecule has 39 heteroatoms. The van der Waals surface area contributed by atoms with Crippen molar-refractivity contribution in [3.63, 3.8) is 0 Å². The van der Waals surface area contributed by atoms with Gasteiger partial charge in [0.25, 0.3) is 15.9 Å². The molecule has 0 spiro atoms. The first-order chi connectivity index (χ1) is 60.0. The number of halogens is 12. The zero-order chi connectivity index (χ0) is 90.9. The quantitative estimate of drug-likeness (QED) is 0.0452. The number of hydrogen-bond donors (Lipinski definition) is 10. The third-order valence-electron chi connectivity index (χ3n) is 19.8. The highest BCUT2D eigenvalue weighted by atomic mass is 35.5. The van der Waals surface area contributed by atoms with Gasteiger partial charge in [-0.2, -0.15) is 8.42 Å². The maximum absolute atomic E-state index is 13.7. The molecule has 8 aromatic carbocycles. The van der Waals surface area contributed by atoms with Crippen molar-refractivity contribution in [3.05, 3.63) is 246 Å². The molecule has 9 aromatic rings. The Bertz CT molecular complexity index is 5270. The SMILES string of the molecule is CC(C)(C)OC(=O)N1CCNCC1C(=O)Nc1ccc(Cl)c(F)c1.Cn1cnc(S(=O)(=O)N2CC(C(=O)Nc3ccc(Cl)c(F)c3)Cc3ccccc32)c1.O=C(Nc1ccc(Cl)c(F)c1)C1CCCOC1.O=C(Nc1ccc(Cl)c(F)c1)C1CNCCO1.O=C(Nc1ccc(Cl)c(F)c1)C1CNc2ccccc2C1.O=C(Nc1ccc(Cl)c(F)c1)[C@H]1CCCNC1. The standard InChI is InChI=1S/C20H18ClFN4O3S.C16H21ClFN3O3.C16H14ClFN2O.C12H14ClFN2O.C12H13ClFNO2.C11H12ClFN2O2/c1-25-11-19(23-12-25)30(28,29)26-10-14(8-13-4-2-3-5-18(13)26)20(27)24-15-6-7-16(21)17(22)9-15;1-16(2,3)24-15(23)21-7-6-19-9-13(21)14(22)20-10-4-5-11(17)12(18)8-10;17-13-6-5-12(8-14(13)18)20-16(21)11-7-10-3-1-2-4-15(10)19-9-11;13-10-4-3-9(6-11(10)14)16-12(17)8-2-1-5-15-7-8;13-10-4-3-9(6-11(10)14)15-12(16)8-2-1-5-17-7-8;12-8-2-1-7(5-9(8)13)15-11(16)10-6-14-3-4-17-10/h2-7,9,11-12,14H,8,10H2,1H3,(H,24,27);4-5,8,13,19H,6-7,9H2,1-3H3,(H,20,22);1-6,8,11,19H,7,9H2,(H,20,21);3-4,6,8,15H,1-2,5,7H2,(H,16,17);3-4,6,8H,1-2,5,7H2,(H,15,16);1-2,5,10,14H,3-4,6H2,(H,15,16)/t;;;8-;;/m...0../s1. The number of aromatic nitrogens is 2. The molecule has 26 nitrogen and oxygen atoms in total. The zero-order valence-corrected chi connectivity index (χ0v) is 73.8. The summed E-state index contributed by atoms with van der Waals surface area (Å²) in [6.45, 7) is 11.5. The van der Waals surface area contributed by atoms with Gasteiger partial charge in [0, 0.05) is 112 Å². The number of ether oxygens (including phenoxy) is 3. The van der Waals surface area contributed by atoms with Crippen LogP contribution in [0.15, 0.2) is 175 Å². The number of piperazine rings is 1. The molecule has 6 aliphatic rings. The van der Waals surface area contributed by atoms with Gasteiger partial charge in [-0.3, -0.25) is 38.0 Å². The van der Waals surface area contributed by atoms with Crippen molar-refractivity contribution in [3.8, 4) is 0 Å². The molecule has 0 bridgehead atoms. The minimum absolute atomic E-state index is 0.0253. The molecule has 6 atom stereocenters. The highest BCUT2D eigenvalue weighted by Gasteiger charge is 2.39. The van der Waals surface area contributed by atoms with Crippen LogP contribution in [0.5, 0.6) is 0 Å². The Morgan fingerprint density at radius 2 is 0.921 bits per heavy atom. The number of nitrogens with one attached hydrogen (secondary N) is 10. The van der Waals surface area contributed by atoms with Gasteiger partial charge in [0.15, 0.2) is 5.03 Å². The molecular formula is C87H92Cl6F6N14O12S. The topological polar surface area (TPSA) is 326 Å². The predicted octanol–water partition coefficient (Wildman–Crippen LogP) is 16.2. The van der Waals surface area contributed by atoms with E-state index in [-0.39, 0.29) is 94.5 Å². The number of carbonyl (C=O) groups is 7. The first-order valence-electron chi connectivity index (χ1n) is 39.8. The minimum atomic E-state index is -3.96. The van der Waals surface area contributed by atoms with Crippen LogP contribution in [0.1, 0.15) is 57.6 Å². The summed E-state index contributed by atoms with van der Waals surface area (Å²) < 4.78 is 125. The van der Waals surface area contributed by atoms with Crippen molar-refractivity contribution in [2.24, 2.45) is 30.7 Å². The summed E-state index contributed by atoms with van der Waals surface area (Å²) >= 11 is 33.6. The number of carbonyl (C=O) groups excluding carboxylic acids is 7. The van der Waals surface area contributed by atoms with Crippen molar-refractivity contribution in [1.82, 2.24) is 30.4 Å². The molecule has 7 amide bonds. The number of imidazole rings is 1. The van der Waals surface area contributed by atoms with E-state index in [1.165, 1.54) is 94.5 Å². The number of aryl methyl sites for hydroxylation is 1. The molecule has 10 N–H and O–H groups in total. The molecule has 4 fully saturated rings. The van der Waals surface area contributed by atoms with Gasteiger partial charge in [-0.1, -0.05) is 106 Å². The number of morpholine rings is 1. The average molecular weight is 1880 g/mol. The van der Waals surface area contributed by atoms with Gasteiger partial charge in [-0.25, -0.2) is 36.1 Å². The van der Waals surface area contributed by atoms with Crippen LogP contribution >= 0.6 is 69.6 Å². The summed E-state index contributed by atoms with van der Waals surface area (Å²) in [6.07, 6.45) is 6.31. The fraction of sp³-hybridized carbons (Fsp3) is 0.333. The zero-order valence-electron chi connectivity index (χ0n) is 68.5. The van der Waals surface area contributed by atoms with Crippen LogP contribution in [0, 0.1) is 58.6 Å². The number of sulfonamides is 1. The summed E-state index contributed by atoms with van der Waals surface area (Å²) in [5.74, 6) is -5.93. The molecule has 0 aliphatic carbocycles. The Morgan fingerprint density at radius 3 is 1.37 bits per heavy atom. The molecule has 0 radical (unpaired) electrons. The first-order valence-corrected chi connectivity index (χ1v) is 43.5. The van der Waals surface area contributed by atoms with Gasteiger partial charge in [0.2, 0.25) is 29.5 Å². The molecule has 4 saturated heterocycles. The van der Waals surface area contributed by atoms with Gasteiger partial charge < -0.3 is 71.9 Å². The molecule has 15 rings (SSSR count). The third-order valence-corrected chi connectivity index (χ3v) is 23.3. The molecule has 126 heavy (non-hydrogen) atoms. The van der Waals surface area contributed by atoms with Gasteiger partial charge in [-0.05, 0) is 198 Å². The van der Waals surface area contributed by atoms with E-state index in [0.717, 1.165) is 67.7 Å². The molecule has 7 heterocycles. The van der Waals surface area contributed by atoms with Crippen molar-refractivity contribution in [1.29, 1.82) is 0 Å². The van der Waals surface area contributed by atoms with E-state index in [0.29, 0.717) is 100 Å². The summed E-state index contributed by atoms with van der Waals surface area (Å²) in [7, 11) is -2.28. The van der Waals surface area contributed by atoms with Gasteiger partial charge in [0.1, 0.15) is 52.7 Å². The fourth-order valence-electron chi connectivity index (χ4n) is 13.3. The Labute approximate surface area is 754 Å². The van der Waals surface area contributed by atoms with Gasteiger partial charge in [0.05, 0.1) is 79.0 Å². The smallest absolute Gasteiger partial charge is 0.411 e. The second-order valence-corrected chi connectivity index (χ2v) is 34.8. The van der Waals surface area contributed by atoms with E-state index in [1.54, 1.807) is 80.9 Å². The monoisotopic (exact) mass is 1880 g/mol. The highest BCUT2D eigenvalue weighted by molar-refractivity contribution is 7.92. The Balaban J connectivity index is 0.000000160. The number of piperidine rings is 1. The number of hydrogen-bond acceptors (Lipinski definition) is 17. The number of benzene rings is 8. The van der Waals surface area contributed by atoms with Crippen LogP contribution in [-0.2, 0) is 72.9 Å². The summed E-state index contributed by atoms with van der Waals surface area (Å²) in [5.41, 5.74) is 4.96. The fourth-order valence-corrected chi connectivity index (χ4v) is 15.5. The normalized spacial score (nSPS) is 18.2. The van der Waals surface area contributed by atoms with Crippen molar-refractivity contribution >= 4 is 167 Å². The molecule has 0 saturated carbocycles. The lowest BCUT2D eigenvalue weighted by Crippen LogP contribution is -2.59. The lowest BCUT2D eigenvalue weighted by atomic mass is 9.93. The Morgan fingerprint density at radius 1 is 0.484 bits per heavy atom. The number of para-hydroxylation sites is 2. The van der Waals surface area contributed by atoms with Gasteiger partial charge in [-0.15, -0.1) is 0 Å². The maximum Gasteiger partial charge on any atom is 0.411 e. The second-order valence-electron chi connectivity index (χ2n) is 30.5. The van der Waals surface area contributed by atoms with Gasteiger partial charge >= 0.3 is 6.09 Å². The molecule has 672 valence electrons. The minimum Gasteiger partial charge on any atom is -0.444 e. The van der Waals surface area contributed by atoms with Crippen molar-refractivity contribution < 1.29 is 82.5 Å². The first kappa shape index (κ1) is 97.9. The number of anilines is 8. The van der Waals surface area contributed by atoms with E-state index >= 15 is 0 Å². The predicted molar refractivity (Wildman–Crippen MR) is 475 cm³/mol. The van der Waals surface area contributed by atoms with E-state index < -0.39 is 86.5 Å². The van der Waals surface area contributed by atoms with Crippen LogP contribution in [0.3, 0.4) is 0 Å². The number of fused-ring (bicyclic) bond motifs is 2. The van der Waals surface area contributed by atoms with Crippen LogP contribution in [0.4, 0.5) is 76.6 Å². The number of rotatable bonds is 14. The summed E-state index contributed by atoms with van der Waals surface area (Å²) in [6, 6.07) is 39.0. The van der Waals surface area contributed by atoms with E-state index in [9.17, 15) is 68.3 Å².